The molecule has 1 rings (SSSR count). The summed E-state index contributed by atoms with van der Waals surface area (Å²) in [7, 11) is -0.982. The maximum Gasteiger partial charge on any atom is 0.349 e. The van der Waals surface area contributed by atoms with Crippen LogP contribution >= 0.6 is 0 Å². The minimum atomic E-state index is -3.93. The van der Waals surface area contributed by atoms with Gasteiger partial charge in [-0.3, -0.25) is 0 Å². The van der Waals surface area contributed by atoms with Gasteiger partial charge in [0, 0.05) is 13.6 Å². The minimum absolute atomic E-state index is 0.0412. The van der Waals surface area contributed by atoms with Crippen molar-refractivity contribution in [1.29, 1.82) is 0 Å². The molecule has 0 saturated carbocycles. The molecule has 0 aliphatic rings. The molecule has 0 aliphatic carbocycles. The SMILES string of the molecule is C=CCN(C)C=CC=C(C(=O)OC)S(=O)(=O)c1ccccc1. The van der Waals surface area contributed by atoms with Gasteiger partial charge in [0.05, 0.1) is 12.0 Å². The Labute approximate surface area is 131 Å². The molecule has 1 aromatic rings. The average Bonchev–Trinajstić information content (AvgIpc) is 2.51. The predicted molar refractivity (Wildman–Crippen MR) is 85.7 cm³/mol. The number of hydrogen-bond donors (Lipinski definition) is 0. The number of rotatable bonds is 7. The fraction of sp³-hybridized carbons (Fsp3) is 0.188. The molecular weight excluding hydrogens is 302 g/mol. The molecule has 0 spiro atoms. The highest BCUT2D eigenvalue weighted by Gasteiger charge is 2.27. The molecule has 0 atom stereocenters. The molecule has 0 aromatic heterocycles. The van der Waals surface area contributed by atoms with Crippen LogP contribution in [0.2, 0.25) is 0 Å². The Morgan fingerprint density at radius 3 is 2.50 bits per heavy atom. The van der Waals surface area contributed by atoms with Crippen LogP contribution < -0.4 is 0 Å². The quantitative estimate of drug-likeness (QED) is 0.333. The van der Waals surface area contributed by atoms with E-state index in [2.05, 4.69) is 11.3 Å². The number of likely N-dealkylation sites (N-methyl/N-ethyl adjacent to an activating group) is 1. The van der Waals surface area contributed by atoms with Gasteiger partial charge in [-0.05, 0) is 30.5 Å². The van der Waals surface area contributed by atoms with Crippen molar-refractivity contribution in [2.24, 2.45) is 0 Å². The summed E-state index contributed by atoms with van der Waals surface area (Å²) in [5.41, 5.74) is 0. The molecule has 0 N–H and O–H groups in total. The van der Waals surface area contributed by atoms with Crippen molar-refractivity contribution in [3.8, 4) is 0 Å². The molecule has 0 bridgehead atoms. The molecule has 118 valence electrons. The Morgan fingerprint density at radius 1 is 1.32 bits per heavy atom. The molecular formula is C16H19NO4S. The lowest BCUT2D eigenvalue weighted by Crippen LogP contribution is -2.15. The molecule has 0 unspecified atom stereocenters. The second-order valence-electron chi connectivity index (χ2n) is 4.41. The van der Waals surface area contributed by atoms with Gasteiger partial charge in [0.15, 0.2) is 4.91 Å². The molecule has 0 saturated heterocycles. The van der Waals surface area contributed by atoms with E-state index in [-0.39, 0.29) is 4.90 Å². The fourth-order valence-corrected chi connectivity index (χ4v) is 2.97. The van der Waals surface area contributed by atoms with Crippen molar-refractivity contribution in [3.05, 3.63) is 66.2 Å². The Hall–Kier alpha value is -2.34. The number of carbonyl (C=O) groups excluding carboxylic acids is 1. The van der Waals surface area contributed by atoms with E-state index < -0.39 is 20.7 Å². The van der Waals surface area contributed by atoms with E-state index in [9.17, 15) is 13.2 Å². The zero-order valence-corrected chi connectivity index (χ0v) is 13.4. The topological polar surface area (TPSA) is 63.7 Å². The number of ether oxygens (including phenoxy) is 1. The van der Waals surface area contributed by atoms with Crippen LogP contribution in [-0.4, -0.2) is 40.0 Å². The second kappa shape index (κ2) is 8.19. The Kier molecular flexibility index (Phi) is 6.59. The first-order valence-corrected chi connectivity index (χ1v) is 8.00. The third kappa shape index (κ3) is 4.60. The number of hydrogen-bond acceptors (Lipinski definition) is 5. The largest absolute Gasteiger partial charge is 0.465 e. The van der Waals surface area contributed by atoms with E-state index in [0.29, 0.717) is 6.54 Å². The maximum absolute atomic E-state index is 12.5. The highest BCUT2D eigenvalue weighted by atomic mass is 32.2. The summed E-state index contributed by atoms with van der Waals surface area (Å²) in [6.45, 7) is 4.20. The molecule has 0 heterocycles. The van der Waals surface area contributed by atoms with Gasteiger partial charge < -0.3 is 9.64 Å². The zero-order chi connectivity index (χ0) is 16.6. The van der Waals surface area contributed by atoms with Crippen LogP contribution in [-0.2, 0) is 19.4 Å². The molecule has 0 radical (unpaired) electrons. The first-order valence-electron chi connectivity index (χ1n) is 6.51. The smallest absolute Gasteiger partial charge is 0.349 e. The first-order chi connectivity index (χ1) is 10.4. The van der Waals surface area contributed by atoms with Crippen molar-refractivity contribution in [2.45, 2.75) is 4.90 Å². The summed E-state index contributed by atoms with van der Waals surface area (Å²) in [6.07, 6.45) is 6.06. The lowest BCUT2D eigenvalue weighted by atomic mass is 10.4. The van der Waals surface area contributed by atoms with E-state index in [0.717, 1.165) is 7.11 Å². The van der Waals surface area contributed by atoms with Gasteiger partial charge in [-0.1, -0.05) is 24.3 Å². The van der Waals surface area contributed by atoms with Gasteiger partial charge in [-0.2, -0.15) is 0 Å². The predicted octanol–water partition coefficient (Wildman–Crippen LogP) is 2.15. The average molecular weight is 321 g/mol. The molecule has 5 nitrogen and oxygen atoms in total. The normalized spacial score (nSPS) is 12.2. The van der Waals surface area contributed by atoms with Crippen LogP contribution in [0, 0.1) is 0 Å². The monoisotopic (exact) mass is 321 g/mol. The van der Waals surface area contributed by atoms with E-state index in [1.165, 1.54) is 24.3 Å². The summed E-state index contributed by atoms with van der Waals surface area (Å²) in [5.74, 6) is -0.903. The van der Waals surface area contributed by atoms with Crippen LogP contribution in [0.4, 0.5) is 0 Å². The van der Waals surface area contributed by atoms with E-state index in [1.807, 2.05) is 0 Å². The summed E-state index contributed by atoms with van der Waals surface area (Å²) >= 11 is 0. The van der Waals surface area contributed by atoms with Crippen molar-refractivity contribution in [3.63, 3.8) is 0 Å². The third-order valence-corrected chi connectivity index (χ3v) is 4.51. The van der Waals surface area contributed by atoms with Crippen molar-refractivity contribution in [2.75, 3.05) is 20.7 Å². The van der Waals surface area contributed by atoms with Gasteiger partial charge in [0.1, 0.15) is 0 Å². The van der Waals surface area contributed by atoms with Gasteiger partial charge in [-0.15, -0.1) is 6.58 Å². The molecule has 0 amide bonds. The summed E-state index contributed by atoms with van der Waals surface area (Å²) in [6, 6.07) is 7.75. The maximum atomic E-state index is 12.5. The third-order valence-electron chi connectivity index (χ3n) is 2.73. The lowest BCUT2D eigenvalue weighted by molar-refractivity contribution is -0.135. The van der Waals surface area contributed by atoms with Crippen molar-refractivity contribution in [1.82, 2.24) is 4.90 Å². The van der Waals surface area contributed by atoms with E-state index in [4.69, 9.17) is 0 Å². The Morgan fingerprint density at radius 2 is 1.95 bits per heavy atom. The fourth-order valence-electron chi connectivity index (χ4n) is 1.64. The number of sulfone groups is 1. The number of allylic oxidation sites excluding steroid dienone is 2. The van der Waals surface area contributed by atoms with Crippen LogP contribution in [0.15, 0.2) is 71.1 Å². The number of nitrogens with zero attached hydrogens (tertiary/aromatic N) is 1. The second-order valence-corrected chi connectivity index (χ2v) is 6.33. The van der Waals surface area contributed by atoms with Crippen molar-refractivity contribution < 1.29 is 17.9 Å². The summed E-state index contributed by atoms with van der Waals surface area (Å²) in [4.78, 5) is 13.2. The first kappa shape index (κ1) is 17.7. The zero-order valence-electron chi connectivity index (χ0n) is 12.6. The van der Waals surface area contributed by atoms with Crippen LogP contribution in [0.25, 0.3) is 0 Å². The highest BCUT2D eigenvalue weighted by molar-refractivity contribution is 7.96. The van der Waals surface area contributed by atoms with Gasteiger partial charge >= 0.3 is 5.97 Å². The number of benzene rings is 1. The van der Waals surface area contributed by atoms with E-state index in [1.54, 1.807) is 42.4 Å². The number of esters is 1. The van der Waals surface area contributed by atoms with Crippen LogP contribution in [0.5, 0.6) is 0 Å². The molecule has 0 fully saturated rings. The lowest BCUT2D eigenvalue weighted by Gasteiger charge is -2.09. The van der Waals surface area contributed by atoms with Gasteiger partial charge in [-0.25, -0.2) is 13.2 Å². The molecule has 22 heavy (non-hydrogen) atoms. The molecule has 0 aliphatic heterocycles. The number of carbonyl (C=O) groups is 1. The Bertz CT molecular complexity index is 675. The molecule has 1 aromatic carbocycles. The summed E-state index contributed by atoms with van der Waals surface area (Å²) < 4.78 is 29.6. The minimum Gasteiger partial charge on any atom is -0.465 e. The van der Waals surface area contributed by atoms with Crippen LogP contribution in [0.3, 0.4) is 0 Å². The van der Waals surface area contributed by atoms with E-state index >= 15 is 0 Å². The highest BCUT2D eigenvalue weighted by Crippen LogP contribution is 2.20. The van der Waals surface area contributed by atoms with Gasteiger partial charge in [0.25, 0.3) is 0 Å². The summed E-state index contributed by atoms with van der Waals surface area (Å²) in [5, 5.41) is 0. The van der Waals surface area contributed by atoms with Crippen molar-refractivity contribution >= 4 is 15.8 Å². The number of methoxy groups -OCH3 is 1. The van der Waals surface area contributed by atoms with Gasteiger partial charge in [0.2, 0.25) is 9.84 Å². The van der Waals surface area contributed by atoms with Crippen LogP contribution in [0.1, 0.15) is 0 Å². The Balaban J connectivity index is 3.19. The standard InChI is InChI=1S/C16H19NO4S/c1-4-12-17(2)13-8-11-15(16(18)21-3)22(19,20)14-9-6-5-7-10-14/h4-11,13H,1,12H2,2-3H3. The molecule has 6 heteroatoms.